The molecule has 2 amide bonds. The summed E-state index contributed by atoms with van der Waals surface area (Å²) in [7, 11) is 1.33. The summed E-state index contributed by atoms with van der Waals surface area (Å²) >= 11 is 0. The molecule has 2 rings (SSSR count). The van der Waals surface area contributed by atoms with Gasteiger partial charge in [-0.2, -0.15) is 22.0 Å². The van der Waals surface area contributed by atoms with E-state index in [2.05, 4.69) is 25.4 Å². The van der Waals surface area contributed by atoms with E-state index in [1.807, 2.05) is 0 Å². The lowest BCUT2D eigenvalue weighted by atomic mass is 10.0. The number of nitrogens with one attached hydrogen (secondary N) is 2. The van der Waals surface area contributed by atoms with Gasteiger partial charge in [0.05, 0.1) is 22.9 Å². The zero-order valence-electron chi connectivity index (χ0n) is 19.5. The molecule has 0 saturated heterocycles. The maximum Gasteiger partial charge on any atom is 0.439 e. The average Bonchev–Trinajstić information content (AvgIpc) is 2.77. The van der Waals surface area contributed by atoms with Gasteiger partial charge in [-0.1, -0.05) is 17.3 Å². The average molecular weight is 519 g/mol. The molecule has 2 aromatic carbocycles. The molecule has 2 N–H and O–H groups in total. The van der Waals surface area contributed by atoms with E-state index >= 15 is 0 Å². The zero-order chi connectivity index (χ0) is 27.3. The number of aryl methyl sites for hydroxylation is 1. The van der Waals surface area contributed by atoms with Gasteiger partial charge in [-0.05, 0) is 56.7 Å². The summed E-state index contributed by atoms with van der Waals surface area (Å²) in [5.41, 5.74) is -0.710. The van der Waals surface area contributed by atoms with Crippen LogP contribution in [-0.4, -0.2) is 49.1 Å². The number of carbonyl (C=O) groups excluding carboxylic acids is 2. The summed E-state index contributed by atoms with van der Waals surface area (Å²) in [5.74, 6) is -2.07. The van der Waals surface area contributed by atoms with Gasteiger partial charge in [-0.15, -0.1) is 0 Å². The van der Waals surface area contributed by atoms with E-state index in [1.165, 1.54) is 38.4 Å². The number of rotatable bonds is 9. The van der Waals surface area contributed by atoms with Crippen molar-refractivity contribution in [2.24, 2.45) is 5.16 Å². The predicted octanol–water partition coefficient (Wildman–Crippen LogP) is 5.26. The van der Waals surface area contributed by atoms with Crippen molar-refractivity contribution in [1.82, 2.24) is 5.32 Å². The first-order valence-electron chi connectivity index (χ1n) is 10.3. The fourth-order valence-corrected chi connectivity index (χ4v) is 2.88. The Kier molecular flexibility index (Phi) is 8.60. The highest BCUT2D eigenvalue weighted by atomic mass is 19.4. The maximum absolute atomic E-state index is 13.5. The molecule has 36 heavy (non-hydrogen) atoms. The monoisotopic (exact) mass is 519 g/mol. The molecule has 7 nitrogen and oxygen atoms in total. The van der Waals surface area contributed by atoms with Crippen molar-refractivity contribution in [3.8, 4) is 5.75 Å². The first-order valence-corrected chi connectivity index (χ1v) is 10.3. The molecular formula is C23H23F6N3O4. The number of carbonyl (C=O) groups is 2. The summed E-state index contributed by atoms with van der Waals surface area (Å²) in [6, 6.07) is 8.69. The van der Waals surface area contributed by atoms with Crippen molar-refractivity contribution in [2.45, 2.75) is 44.8 Å². The third-order valence-electron chi connectivity index (χ3n) is 4.62. The SMILES string of the molecule is CON=CC(C)(C)NC(=O)c1ccccc1C(=O)Nc1ccc(OC(F)(F)C(F)C(F)(F)F)cc1C. The molecule has 0 aliphatic carbocycles. The normalized spacial score (nSPS) is 13.3. The molecule has 0 aliphatic rings. The van der Waals surface area contributed by atoms with Gasteiger partial charge in [-0.25, -0.2) is 4.39 Å². The predicted molar refractivity (Wildman–Crippen MR) is 119 cm³/mol. The van der Waals surface area contributed by atoms with Crippen LogP contribution in [0, 0.1) is 6.92 Å². The van der Waals surface area contributed by atoms with Crippen LogP contribution in [-0.2, 0) is 4.84 Å². The first kappa shape index (κ1) is 28.5. The van der Waals surface area contributed by atoms with Crippen LogP contribution in [0.2, 0.25) is 0 Å². The second-order valence-electron chi connectivity index (χ2n) is 8.14. The van der Waals surface area contributed by atoms with Gasteiger partial charge in [0.1, 0.15) is 12.9 Å². The van der Waals surface area contributed by atoms with E-state index < -0.39 is 41.6 Å². The summed E-state index contributed by atoms with van der Waals surface area (Å²) in [6.07, 6.45) is -14.2. The van der Waals surface area contributed by atoms with Crippen LogP contribution in [0.1, 0.15) is 40.1 Å². The fourth-order valence-electron chi connectivity index (χ4n) is 2.88. The minimum atomic E-state index is -5.82. The van der Waals surface area contributed by atoms with Gasteiger partial charge in [0.2, 0.25) is 0 Å². The number of hydrogen-bond acceptors (Lipinski definition) is 5. The lowest BCUT2D eigenvalue weighted by Crippen LogP contribution is -2.45. The molecule has 0 saturated carbocycles. The van der Waals surface area contributed by atoms with Crippen LogP contribution in [0.25, 0.3) is 0 Å². The maximum atomic E-state index is 13.5. The van der Waals surface area contributed by atoms with Gasteiger partial charge < -0.3 is 20.2 Å². The van der Waals surface area contributed by atoms with E-state index in [4.69, 9.17) is 0 Å². The Bertz CT molecular complexity index is 1140. The minimum Gasteiger partial charge on any atom is -0.430 e. The van der Waals surface area contributed by atoms with Crippen LogP contribution < -0.4 is 15.4 Å². The standard InChI is InChI=1S/C23H23F6N3O4/c1-13-11-14(36-23(28,29)20(24)22(25,26)27)9-10-17(13)31-18(33)15-7-5-6-8-16(15)19(34)32-21(2,3)12-30-35-4/h5-12,20H,1-4H3,(H,31,33)(H,32,34). The van der Waals surface area contributed by atoms with Crippen molar-refractivity contribution >= 4 is 23.7 Å². The number of anilines is 1. The lowest BCUT2D eigenvalue weighted by molar-refractivity contribution is -0.304. The Balaban J connectivity index is 2.21. The summed E-state index contributed by atoms with van der Waals surface area (Å²) in [4.78, 5) is 30.3. The highest BCUT2D eigenvalue weighted by molar-refractivity contribution is 6.12. The Morgan fingerprint density at radius 1 is 1.00 bits per heavy atom. The molecule has 196 valence electrons. The second-order valence-corrected chi connectivity index (χ2v) is 8.14. The molecule has 1 atom stereocenters. The van der Waals surface area contributed by atoms with Crippen LogP contribution in [0.3, 0.4) is 0 Å². The van der Waals surface area contributed by atoms with Crippen LogP contribution in [0.4, 0.5) is 32.0 Å². The number of halogens is 6. The minimum absolute atomic E-state index is 0.0206. The van der Waals surface area contributed by atoms with Crippen molar-refractivity contribution in [3.05, 3.63) is 59.2 Å². The van der Waals surface area contributed by atoms with Crippen molar-refractivity contribution in [3.63, 3.8) is 0 Å². The highest BCUT2D eigenvalue weighted by Crippen LogP contribution is 2.37. The Hall–Kier alpha value is -3.77. The molecule has 0 fully saturated rings. The molecule has 1 unspecified atom stereocenters. The first-order chi connectivity index (χ1) is 16.6. The van der Waals surface area contributed by atoms with Crippen LogP contribution in [0.15, 0.2) is 47.6 Å². The van der Waals surface area contributed by atoms with E-state index in [1.54, 1.807) is 19.9 Å². The number of amides is 2. The number of alkyl halides is 6. The lowest BCUT2D eigenvalue weighted by Gasteiger charge is -2.23. The van der Waals surface area contributed by atoms with Gasteiger partial charge >= 0.3 is 12.3 Å². The van der Waals surface area contributed by atoms with Crippen LogP contribution >= 0.6 is 0 Å². The number of nitrogens with zero attached hydrogens (tertiary/aromatic N) is 1. The molecule has 0 aromatic heterocycles. The molecule has 0 spiro atoms. The van der Waals surface area contributed by atoms with E-state index in [0.29, 0.717) is 0 Å². The Morgan fingerprint density at radius 2 is 1.58 bits per heavy atom. The van der Waals surface area contributed by atoms with Crippen LogP contribution in [0.5, 0.6) is 5.75 Å². The summed E-state index contributed by atoms with van der Waals surface area (Å²) in [6.45, 7) is 4.65. The number of hydrogen-bond donors (Lipinski definition) is 2. The highest BCUT2D eigenvalue weighted by Gasteiger charge is 2.59. The molecular weight excluding hydrogens is 496 g/mol. The smallest absolute Gasteiger partial charge is 0.430 e. The largest absolute Gasteiger partial charge is 0.439 e. The second kappa shape index (κ2) is 10.9. The third-order valence-corrected chi connectivity index (χ3v) is 4.62. The van der Waals surface area contributed by atoms with Gasteiger partial charge in [0.15, 0.2) is 0 Å². The molecule has 13 heteroatoms. The molecule has 0 aliphatic heterocycles. The topological polar surface area (TPSA) is 89.0 Å². The van der Waals surface area contributed by atoms with Crippen molar-refractivity contribution in [2.75, 3.05) is 12.4 Å². The molecule has 0 radical (unpaired) electrons. The van der Waals surface area contributed by atoms with Crippen molar-refractivity contribution < 1.29 is 45.5 Å². The molecule has 0 heterocycles. The quantitative estimate of drug-likeness (QED) is 0.269. The molecule has 0 bridgehead atoms. The number of oxime groups is 1. The van der Waals surface area contributed by atoms with E-state index in [9.17, 15) is 35.9 Å². The molecule has 2 aromatic rings. The Morgan fingerprint density at radius 3 is 2.11 bits per heavy atom. The van der Waals surface area contributed by atoms with E-state index in [-0.39, 0.29) is 22.4 Å². The number of benzene rings is 2. The van der Waals surface area contributed by atoms with Gasteiger partial charge in [-0.3, -0.25) is 9.59 Å². The van der Waals surface area contributed by atoms with E-state index in [0.717, 1.165) is 18.2 Å². The van der Waals surface area contributed by atoms with Gasteiger partial charge in [0, 0.05) is 5.69 Å². The zero-order valence-corrected chi connectivity index (χ0v) is 19.5. The Labute approximate surface area is 202 Å². The summed E-state index contributed by atoms with van der Waals surface area (Å²) in [5, 5.41) is 8.79. The summed E-state index contributed by atoms with van der Waals surface area (Å²) < 4.78 is 81.0. The third kappa shape index (κ3) is 7.36. The van der Waals surface area contributed by atoms with Crippen molar-refractivity contribution in [1.29, 1.82) is 0 Å². The van der Waals surface area contributed by atoms with Gasteiger partial charge in [0.25, 0.3) is 18.0 Å². The fraction of sp³-hybridized carbons (Fsp3) is 0.348. The number of ether oxygens (including phenoxy) is 1.